The van der Waals surface area contributed by atoms with Crippen LogP contribution in [0.25, 0.3) is 0 Å². The fourth-order valence-electron chi connectivity index (χ4n) is 1.75. The average molecular weight is 292 g/mol. The van der Waals surface area contributed by atoms with E-state index in [4.69, 9.17) is 0 Å². The van der Waals surface area contributed by atoms with Crippen LogP contribution in [-0.2, 0) is 4.79 Å². The maximum absolute atomic E-state index is 12.2. The number of carbonyl (C=O) groups excluding carboxylic acids is 1. The van der Waals surface area contributed by atoms with Crippen molar-refractivity contribution < 1.29 is 9.90 Å². The highest BCUT2D eigenvalue weighted by Gasteiger charge is 2.32. The number of nitrogens with zero attached hydrogens (tertiary/aromatic N) is 1. The van der Waals surface area contributed by atoms with Crippen molar-refractivity contribution in [3.05, 3.63) is 35.9 Å². The monoisotopic (exact) mass is 292 g/mol. The van der Waals surface area contributed by atoms with Gasteiger partial charge in [0.25, 0.3) is 0 Å². The molecule has 1 aliphatic rings. The molecule has 4 nitrogen and oxygen atoms in total. The second kappa shape index (κ2) is 5.97. The Hall–Kier alpha value is -1.33. The minimum absolute atomic E-state index is 0.130. The number of carbonyl (C=O) groups is 1. The topological polar surface area (TPSA) is 61.7 Å². The van der Waals surface area contributed by atoms with E-state index in [1.54, 1.807) is 32.5 Å². The molecular weight excluding hydrogens is 272 g/mol. The zero-order valence-electron chi connectivity index (χ0n) is 12.0. The fraction of sp³-hybridized carbons (Fsp3) is 0.467. The highest BCUT2D eigenvalue weighted by molar-refractivity contribution is 8.14. The Morgan fingerprint density at radius 2 is 2.10 bits per heavy atom. The molecule has 108 valence electrons. The number of nitrogens with one attached hydrogen (secondary N) is 1. The lowest BCUT2D eigenvalue weighted by Gasteiger charge is -2.30. The summed E-state index contributed by atoms with van der Waals surface area (Å²) >= 11 is 1.59. The summed E-state index contributed by atoms with van der Waals surface area (Å²) in [5, 5.41) is 13.4. The predicted molar refractivity (Wildman–Crippen MR) is 83.1 cm³/mol. The predicted octanol–water partition coefficient (Wildman–Crippen LogP) is 1.82. The van der Waals surface area contributed by atoms with E-state index in [1.165, 1.54) is 0 Å². The SMILES string of the molecule is CC(O)C(C)(C)NC(=O)C1CSC(c2ccccc2)=N1. The summed E-state index contributed by atoms with van der Waals surface area (Å²) in [6, 6.07) is 9.48. The van der Waals surface area contributed by atoms with Crippen molar-refractivity contribution in [2.24, 2.45) is 4.99 Å². The molecule has 0 bridgehead atoms. The molecule has 0 fully saturated rings. The van der Waals surface area contributed by atoms with Crippen LogP contribution in [0.1, 0.15) is 26.3 Å². The number of amides is 1. The Labute approximate surface area is 123 Å². The Bertz CT molecular complexity index is 512. The molecule has 0 spiro atoms. The molecule has 1 amide bonds. The molecule has 1 aromatic carbocycles. The fourth-order valence-corrected chi connectivity index (χ4v) is 2.80. The van der Waals surface area contributed by atoms with Crippen molar-refractivity contribution >= 4 is 22.7 Å². The van der Waals surface area contributed by atoms with E-state index in [1.807, 2.05) is 30.3 Å². The third-order valence-corrected chi connectivity index (χ3v) is 4.56. The normalized spacial score (nSPS) is 20.4. The Balaban J connectivity index is 2.05. The summed E-state index contributed by atoms with van der Waals surface area (Å²) in [5.41, 5.74) is 0.398. The highest BCUT2D eigenvalue weighted by Crippen LogP contribution is 2.24. The second-order valence-electron chi connectivity index (χ2n) is 5.51. The smallest absolute Gasteiger partial charge is 0.246 e. The number of rotatable bonds is 4. The minimum Gasteiger partial charge on any atom is -0.391 e. The van der Waals surface area contributed by atoms with E-state index >= 15 is 0 Å². The largest absolute Gasteiger partial charge is 0.391 e. The van der Waals surface area contributed by atoms with Gasteiger partial charge in [-0.1, -0.05) is 30.3 Å². The summed E-state index contributed by atoms with van der Waals surface area (Å²) in [4.78, 5) is 16.7. The summed E-state index contributed by atoms with van der Waals surface area (Å²) in [7, 11) is 0. The number of aliphatic imine (C=N–C) groups is 1. The van der Waals surface area contributed by atoms with Crippen LogP contribution in [0.3, 0.4) is 0 Å². The first-order chi connectivity index (χ1) is 9.40. The molecule has 0 radical (unpaired) electrons. The number of thioether (sulfide) groups is 1. The number of benzene rings is 1. The van der Waals surface area contributed by atoms with Crippen LogP contribution in [0.2, 0.25) is 0 Å². The zero-order chi connectivity index (χ0) is 14.8. The van der Waals surface area contributed by atoms with Crippen molar-refractivity contribution in [1.82, 2.24) is 5.32 Å². The van der Waals surface area contributed by atoms with Crippen molar-refractivity contribution in [1.29, 1.82) is 0 Å². The van der Waals surface area contributed by atoms with E-state index in [0.29, 0.717) is 5.75 Å². The Morgan fingerprint density at radius 3 is 2.70 bits per heavy atom. The van der Waals surface area contributed by atoms with Gasteiger partial charge in [-0.3, -0.25) is 9.79 Å². The van der Waals surface area contributed by atoms with Gasteiger partial charge < -0.3 is 10.4 Å². The van der Waals surface area contributed by atoms with Crippen LogP contribution in [0.15, 0.2) is 35.3 Å². The second-order valence-corrected chi connectivity index (χ2v) is 6.52. The van der Waals surface area contributed by atoms with Gasteiger partial charge in [0, 0.05) is 11.3 Å². The van der Waals surface area contributed by atoms with Gasteiger partial charge in [-0.25, -0.2) is 0 Å². The van der Waals surface area contributed by atoms with Crippen LogP contribution in [0.5, 0.6) is 0 Å². The summed E-state index contributed by atoms with van der Waals surface area (Å²) < 4.78 is 0. The standard InChI is InChI=1S/C15H20N2O2S/c1-10(18)15(2,3)17-13(19)12-9-20-14(16-12)11-7-5-4-6-8-11/h4-8,10,12,18H,9H2,1-3H3,(H,17,19). The van der Waals surface area contributed by atoms with E-state index in [9.17, 15) is 9.90 Å². The van der Waals surface area contributed by atoms with Crippen molar-refractivity contribution in [2.45, 2.75) is 38.5 Å². The summed E-state index contributed by atoms with van der Waals surface area (Å²) in [5.74, 6) is 0.515. The first-order valence-electron chi connectivity index (χ1n) is 6.66. The Morgan fingerprint density at radius 1 is 1.45 bits per heavy atom. The van der Waals surface area contributed by atoms with Crippen LogP contribution >= 0.6 is 11.8 Å². The minimum atomic E-state index is -0.646. The quantitative estimate of drug-likeness (QED) is 0.890. The molecule has 0 saturated heterocycles. The maximum atomic E-state index is 12.2. The van der Waals surface area contributed by atoms with Crippen LogP contribution in [0.4, 0.5) is 0 Å². The molecule has 0 saturated carbocycles. The van der Waals surface area contributed by atoms with Gasteiger partial charge >= 0.3 is 0 Å². The first kappa shape index (κ1) is 15.1. The summed E-state index contributed by atoms with van der Waals surface area (Å²) in [6.45, 7) is 5.28. The lowest BCUT2D eigenvalue weighted by Crippen LogP contribution is -2.53. The van der Waals surface area contributed by atoms with Crippen molar-refractivity contribution in [3.63, 3.8) is 0 Å². The number of aliphatic hydroxyl groups excluding tert-OH is 1. The average Bonchev–Trinajstić information content (AvgIpc) is 2.88. The van der Waals surface area contributed by atoms with E-state index in [2.05, 4.69) is 10.3 Å². The molecule has 20 heavy (non-hydrogen) atoms. The molecule has 2 N–H and O–H groups in total. The molecule has 1 aliphatic heterocycles. The number of aliphatic hydroxyl groups is 1. The zero-order valence-corrected chi connectivity index (χ0v) is 12.8. The van der Waals surface area contributed by atoms with Gasteiger partial charge in [0.05, 0.1) is 16.7 Å². The van der Waals surface area contributed by atoms with E-state index in [0.717, 1.165) is 10.6 Å². The van der Waals surface area contributed by atoms with Crippen LogP contribution in [0, 0.1) is 0 Å². The maximum Gasteiger partial charge on any atom is 0.246 e. The molecule has 0 aromatic heterocycles. The molecule has 1 heterocycles. The van der Waals surface area contributed by atoms with E-state index < -0.39 is 11.6 Å². The molecule has 2 rings (SSSR count). The lowest BCUT2D eigenvalue weighted by atomic mass is 9.98. The Kier molecular flexibility index (Phi) is 4.50. The van der Waals surface area contributed by atoms with Gasteiger partial charge in [0.1, 0.15) is 6.04 Å². The van der Waals surface area contributed by atoms with Crippen molar-refractivity contribution in [3.8, 4) is 0 Å². The van der Waals surface area contributed by atoms with Crippen LogP contribution < -0.4 is 5.32 Å². The molecule has 2 atom stereocenters. The number of hydrogen-bond donors (Lipinski definition) is 2. The summed E-state index contributed by atoms with van der Waals surface area (Å²) in [6.07, 6.45) is -0.613. The van der Waals surface area contributed by atoms with Crippen molar-refractivity contribution in [2.75, 3.05) is 5.75 Å². The van der Waals surface area contributed by atoms with E-state index in [-0.39, 0.29) is 11.9 Å². The number of hydrogen-bond acceptors (Lipinski definition) is 4. The molecule has 1 aromatic rings. The highest BCUT2D eigenvalue weighted by atomic mass is 32.2. The van der Waals surface area contributed by atoms with Gasteiger partial charge in [-0.15, -0.1) is 11.8 Å². The lowest BCUT2D eigenvalue weighted by molar-refractivity contribution is -0.124. The molecule has 5 heteroatoms. The third kappa shape index (κ3) is 3.41. The first-order valence-corrected chi connectivity index (χ1v) is 7.65. The molecule has 0 aliphatic carbocycles. The van der Waals surface area contributed by atoms with Gasteiger partial charge in [0.2, 0.25) is 5.91 Å². The molecular formula is C15H20N2O2S. The van der Waals surface area contributed by atoms with Gasteiger partial charge in [-0.2, -0.15) is 0 Å². The molecule has 2 unspecified atom stereocenters. The third-order valence-electron chi connectivity index (χ3n) is 3.46. The van der Waals surface area contributed by atoms with Gasteiger partial charge in [-0.05, 0) is 20.8 Å². The van der Waals surface area contributed by atoms with Gasteiger partial charge in [0.15, 0.2) is 0 Å². The van der Waals surface area contributed by atoms with Crippen LogP contribution in [-0.4, -0.2) is 39.5 Å².